The van der Waals surface area contributed by atoms with E-state index >= 15 is 4.79 Å². The molecule has 0 radical (unpaired) electrons. The van der Waals surface area contributed by atoms with E-state index in [9.17, 15) is 14.7 Å². The van der Waals surface area contributed by atoms with E-state index in [0.29, 0.717) is 32.2 Å². The number of benzene rings is 2. The number of hydrogen-bond donors (Lipinski definition) is 1. The molecule has 2 aromatic rings. The Balaban J connectivity index is 1.67. The van der Waals surface area contributed by atoms with Crippen LogP contribution in [0.15, 0.2) is 73.8 Å². The number of anilines is 1. The van der Waals surface area contributed by atoms with Crippen molar-refractivity contribution < 1.29 is 24.2 Å². The van der Waals surface area contributed by atoms with Gasteiger partial charge in [0.25, 0.3) is 5.91 Å². The first-order valence-electron chi connectivity index (χ1n) is 15.6. The molecule has 5 rings (SSSR count). The Morgan fingerprint density at radius 3 is 2.43 bits per heavy atom. The molecule has 3 aliphatic heterocycles. The molecule has 0 aromatic heterocycles. The maximum absolute atomic E-state index is 15.1. The van der Waals surface area contributed by atoms with Crippen molar-refractivity contribution in [3.63, 3.8) is 0 Å². The zero-order valence-corrected chi connectivity index (χ0v) is 26.4. The van der Waals surface area contributed by atoms with Gasteiger partial charge in [0.1, 0.15) is 11.6 Å². The molecule has 3 heterocycles. The number of carbonyl (C=O) groups is 3. The Morgan fingerprint density at radius 1 is 1.09 bits per heavy atom. The van der Waals surface area contributed by atoms with Crippen molar-refractivity contribution in [2.75, 3.05) is 31.6 Å². The number of aliphatic hydroxyl groups excluding tert-OH is 1. The molecule has 2 unspecified atom stereocenters. The summed E-state index contributed by atoms with van der Waals surface area (Å²) in [6, 6.07) is 13.9. The molecule has 234 valence electrons. The van der Waals surface area contributed by atoms with Crippen molar-refractivity contribution in [1.29, 1.82) is 0 Å². The van der Waals surface area contributed by atoms with Gasteiger partial charge < -0.3 is 24.5 Å². The van der Waals surface area contributed by atoms with Crippen molar-refractivity contribution in [2.24, 2.45) is 11.8 Å². The summed E-state index contributed by atoms with van der Waals surface area (Å²) in [5.41, 5.74) is 1.53. The summed E-state index contributed by atoms with van der Waals surface area (Å²) in [4.78, 5) is 48.8. The first-order valence-corrected chi connectivity index (χ1v) is 15.6. The first kappa shape index (κ1) is 31.7. The average Bonchev–Trinajstić information content (AvgIpc) is 3.63. The maximum atomic E-state index is 15.1. The summed E-state index contributed by atoms with van der Waals surface area (Å²) in [5.74, 6) is -2.37. The number of amides is 3. The molecule has 3 saturated heterocycles. The number of fused-ring (bicyclic) bond motifs is 1. The van der Waals surface area contributed by atoms with E-state index in [1.54, 1.807) is 33.9 Å². The third-order valence-electron chi connectivity index (χ3n) is 10.0. The molecule has 44 heavy (non-hydrogen) atoms. The maximum Gasteiger partial charge on any atom is 0.253 e. The van der Waals surface area contributed by atoms with E-state index in [4.69, 9.17) is 4.74 Å². The number of likely N-dealkylation sites (N-methyl/N-ethyl adjacent to an activating group) is 1. The predicted molar refractivity (Wildman–Crippen MR) is 171 cm³/mol. The van der Waals surface area contributed by atoms with E-state index in [1.165, 1.54) is 0 Å². The standard InChI is InChI=1S/C36H45N3O5/c1-7-19-37(6)32(41)29-30-33(42)39(27(23-40)22-26-13-11-10-12-14-26)31(36(30)18-17-35(29,9-3)44-36)34(43)38(20-8-2)28-21-24(4)15-16-25(28)5/h7-8,10-16,21,27,29-31,40H,1-2,9,17-20,22-23H2,3-6H3/t27-,29-,30+,31?,35+,36?/m1/s1. The van der Waals surface area contributed by atoms with Gasteiger partial charge >= 0.3 is 0 Å². The molecular weight excluding hydrogens is 554 g/mol. The van der Waals surface area contributed by atoms with Gasteiger partial charge in [0.15, 0.2) is 0 Å². The monoisotopic (exact) mass is 599 g/mol. The fourth-order valence-corrected chi connectivity index (χ4v) is 7.96. The lowest BCUT2D eigenvalue weighted by Gasteiger charge is -2.40. The minimum atomic E-state index is -1.21. The Bertz CT molecular complexity index is 1440. The molecular formula is C36H45N3O5. The molecule has 3 fully saturated rings. The van der Waals surface area contributed by atoms with Gasteiger partial charge in [-0.3, -0.25) is 14.4 Å². The van der Waals surface area contributed by atoms with E-state index in [0.717, 1.165) is 22.4 Å². The molecule has 2 bridgehead atoms. The Morgan fingerprint density at radius 2 is 1.80 bits per heavy atom. The predicted octanol–water partition coefficient (Wildman–Crippen LogP) is 4.23. The van der Waals surface area contributed by atoms with Crippen LogP contribution in [0.1, 0.15) is 42.9 Å². The summed E-state index contributed by atoms with van der Waals surface area (Å²) in [6.45, 7) is 13.9. The fraction of sp³-hybridized carbons (Fsp3) is 0.472. The topological polar surface area (TPSA) is 90.4 Å². The van der Waals surface area contributed by atoms with Gasteiger partial charge in [-0.1, -0.05) is 61.5 Å². The highest BCUT2D eigenvalue weighted by Gasteiger charge is 2.79. The third-order valence-corrected chi connectivity index (χ3v) is 10.0. The second kappa shape index (κ2) is 12.3. The largest absolute Gasteiger partial charge is 0.394 e. The van der Waals surface area contributed by atoms with Crippen LogP contribution >= 0.6 is 0 Å². The molecule has 1 spiro atoms. The highest BCUT2D eigenvalue weighted by atomic mass is 16.5. The van der Waals surface area contributed by atoms with Gasteiger partial charge in [-0.05, 0) is 62.3 Å². The second-order valence-electron chi connectivity index (χ2n) is 12.6. The number of hydrogen-bond acceptors (Lipinski definition) is 5. The number of rotatable bonds is 12. The number of nitrogens with zero attached hydrogens (tertiary/aromatic N) is 3. The number of carbonyl (C=O) groups excluding carboxylic acids is 3. The van der Waals surface area contributed by atoms with Gasteiger partial charge in [-0.2, -0.15) is 0 Å². The van der Waals surface area contributed by atoms with Gasteiger partial charge in [-0.25, -0.2) is 0 Å². The van der Waals surface area contributed by atoms with Crippen molar-refractivity contribution in [2.45, 2.75) is 69.7 Å². The molecule has 0 aliphatic carbocycles. The first-order chi connectivity index (χ1) is 21.1. The van der Waals surface area contributed by atoms with Gasteiger partial charge in [-0.15, -0.1) is 13.2 Å². The molecule has 0 saturated carbocycles. The number of aliphatic hydroxyl groups is 1. The van der Waals surface area contributed by atoms with Crippen LogP contribution in [0.4, 0.5) is 5.69 Å². The summed E-state index contributed by atoms with van der Waals surface area (Å²) in [6.07, 6.45) is 5.27. The average molecular weight is 600 g/mol. The molecule has 6 atom stereocenters. The lowest BCUT2D eigenvalue weighted by atomic mass is 9.64. The van der Waals surface area contributed by atoms with Crippen molar-refractivity contribution in [3.8, 4) is 0 Å². The van der Waals surface area contributed by atoms with Crippen LogP contribution in [-0.2, 0) is 25.5 Å². The molecule has 8 heteroatoms. The Hall–Kier alpha value is -3.75. The smallest absolute Gasteiger partial charge is 0.253 e. The SMILES string of the molecule is C=CCN(C)C(=O)[C@H]1[C@H]2C(=O)N([C@@H](CO)Cc3ccccc3)C(C(=O)N(CC=C)c3cc(C)ccc3C)C23CC[C@]1(CC)O3. The minimum Gasteiger partial charge on any atom is -0.394 e. The third kappa shape index (κ3) is 4.98. The van der Waals surface area contributed by atoms with Crippen molar-refractivity contribution in [1.82, 2.24) is 9.80 Å². The zero-order valence-electron chi connectivity index (χ0n) is 26.4. The molecule has 3 aliphatic rings. The van der Waals surface area contributed by atoms with Crippen LogP contribution in [-0.4, -0.2) is 82.7 Å². The van der Waals surface area contributed by atoms with E-state index in [2.05, 4.69) is 13.2 Å². The summed E-state index contributed by atoms with van der Waals surface area (Å²) in [7, 11) is 1.71. The lowest BCUT2D eigenvalue weighted by molar-refractivity contribution is -0.153. The van der Waals surface area contributed by atoms with E-state index in [-0.39, 0.29) is 30.9 Å². The molecule has 8 nitrogen and oxygen atoms in total. The molecule has 2 aromatic carbocycles. The van der Waals surface area contributed by atoms with Crippen LogP contribution in [0.5, 0.6) is 0 Å². The second-order valence-corrected chi connectivity index (χ2v) is 12.6. The number of ether oxygens (including phenoxy) is 1. The Kier molecular flexibility index (Phi) is 8.87. The van der Waals surface area contributed by atoms with Crippen LogP contribution < -0.4 is 4.90 Å². The van der Waals surface area contributed by atoms with Crippen LogP contribution in [0.2, 0.25) is 0 Å². The van der Waals surface area contributed by atoms with Gasteiger partial charge in [0.05, 0.1) is 30.1 Å². The van der Waals surface area contributed by atoms with E-state index in [1.807, 2.05) is 69.3 Å². The number of aryl methyl sites for hydroxylation is 2. The number of likely N-dealkylation sites (tertiary alicyclic amines) is 1. The minimum absolute atomic E-state index is 0.180. The van der Waals surface area contributed by atoms with Crippen molar-refractivity contribution in [3.05, 3.63) is 90.5 Å². The van der Waals surface area contributed by atoms with Crippen LogP contribution in [0.25, 0.3) is 0 Å². The quantitative estimate of drug-likeness (QED) is 0.369. The highest BCUT2D eigenvalue weighted by molar-refractivity contribution is 6.05. The summed E-state index contributed by atoms with van der Waals surface area (Å²) < 4.78 is 6.99. The normalized spacial score (nSPS) is 27.6. The zero-order chi connectivity index (χ0) is 31.8. The van der Waals surface area contributed by atoms with Crippen molar-refractivity contribution >= 4 is 23.4 Å². The highest BCUT2D eigenvalue weighted by Crippen LogP contribution is 2.65. The Labute approximate surface area is 261 Å². The summed E-state index contributed by atoms with van der Waals surface area (Å²) >= 11 is 0. The van der Waals surface area contributed by atoms with Gasteiger partial charge in [0.2, 0.25) is 11.8 Å². The molecule has 1 N–H and O–H groups in total. The molecule has 3 amide bonds. The summed E-state index contributed by atoms with van der Waals surface area (Å²) in [5, 5.41) is 10.8. The van der Waals surface area contributed by atoms with Gasteiger partial charge in [0, 0.05) is 25.8 Å². The van der Waals surface area contributed by atoms with Crippen LogP contribution in [0, 0.1) is 25.7 Å². The van der Waals surface area contributed by atoms with E-state index < -0.39 is 35.1 Å². The lowest BCUT2D eigenvalue weighted by Crippen LogP contribution is -2.59. The van der Waals surface area contributed by atoms with Crippen LogP contribution in [0.3, 0.4) is 0 Å². The fourth-order valence-electron chi connectivity index (χ4n) is 7.96.